The molecule has 0 unspecified atom stereocenters. The summed E-state index contributed by atoms with van der Waals surface area (Å²) in [6.07, 6.45) is 5.10. The first-order chi connectivity index (χ1) is 13.7. The maximum Gasteiger partial charge on any atom is 0.298 e. The first-order valence-electron chi connectivity index (χ1n) is 10.6. The second kappa shape index (κ2) is 8.92. The molecule has 1 aromatic carbocycles. The summed E-state index contributed by atoms with van der Waals surface area (Å²) in [5.41, 5.74) is 7.28. The fourth-order valence-corrected chi connectivity index (χ4v) is 4.43. The van der Waals surface area contributed by atoms with Gasteiger partial charge in [-0.3, -0.25) is 9.69 Å². The van der Waals surface area contributed by atoms with Gasteiger partial charge in [0.05, 0.1) is 5.92 Å². The third kappa shape index (κ3) is 4.31. The number of amides is 1. The number of piperidine rings is 2. The molecule has 0 radical (unpaired) electrons. The average Bonchev–Trinajstić information content (AvgIpc) is 3.18. The number of oxazole rings is 1. The number of nitrogens with one attached hydrogen (secondary N) is 1. The summed E-state index contributed by atoms with van der Waals surface area (Å²) in [6.45, 7) is 5.18. The Hall–Kier alpha value is -2.12. The second-order valence-corrected chi connectivity index (χ2v) is 7.95. The van der Waals surface area contributed by atoms with Crippen LogP contribution >= 0.6 is 0 Å². The molecule has 2 saturated heterocycles. The number of fused-ring (bicyclic) bond motifs is 1. The van der Waals surface area contributed by atoms with Crippen molar-refractivity contribution in [3.05, 3.63) is 24.3 Å². The fraction of sp³-hybridized carbons (Fsp3) is 0.619. The van der Waals surface area contributed by atoms with Crippen LogP contribution in [0.2, 0.25) is 0 Å². The Labute approximate surface area is 166 Å². The lowest BCUT2D eigenvalue weighted by Gasteiger charge is -2.41. The minimum absolute atomic E-state index is 0.113. The number of nitrogens with zero attached hydrogens (tertiary/aromatic N) is 3. The van der Waals surface area contributed by atoms with Gasteiger partial charge < -0.3 is 20.4 Å². The number of hydrogen-bond donors (Lipinski definition) is 2. The molecule has 2 aliphatic rings. The van der Waals surface area contributed by atoms with Crippen LogP contribution in [-0.4, -0.2) is 61.1 Å². The zero-order valence-corrected chi connectivity index (χ0v) is 16.5. The topological polar surface area (TPSA) is 87.6 Å². The number of rotatable bonds is 6. The van der Waals surface area contributed by atoms with Gasteiger partial charge in [0.1, 0.15) is 5.52 Å². The van der Waals surface area contributed by atoms with E-state index in [0.29, 0.717) is 19.1 Å². The van der Waals surface area contributed by atoms with Gasteiger partial charge in [0.25, 0.3) is 6.01 Å². The minimum atomic E-state index is 0.113. The van der Waals surface area contributed by atoms with E-state index in [2.05, 4.69) is 20.1 Å². The SMILES string of the molecule is NCCCNC(=O)[C@@H]1CCCN(C2CCN(c3nc4ccccc4o3)CC2)C1. The number of nitrogens with two attached hydrogens (primary N) is 1. The van der Waals surface area contributed by atoms with Crippen LogP contribution in [0.15, 0.2) is 28.7 Å². The Morgan fingerprint density at radius 3 is 2.82 bits per heavy atom. The first kappa shape index (κ1) is 19.2. The van der Waals surface area contributed by atoms with Crippen molar-refractivity contribution in [1.29, 1.82) is 0 Å². The number of likely N-dealkylation sites (tertiary alicyclic amines) is 1. The van der Waals surface area contributed by atoms with E-state index < -0.39 is 0 Å². The summed E-state index contributed by atoms with van der Waals surface area (Å²) in [4.78, 5) is 21.8. The van der Waals surface area contributed by atoms with Crippen molar-refractivity contribution in [2.24, 2.45) is 11.7 Å². The van der Waals surface area contributed by atoms with Gasteiger partial charge >= 0.3 is 0 Å². The van der Waals surface area contributed by atoms with Crippen molar-refractivity contribution < 1.29 is 9.21 Å². The second-order valence-electron chi connectivity index (χ2n) is 7.95. The van der Waals surface area contributed by atoms with Gasteiger partial charge in [0.15, 0.2) is 5.58 Å². The Morgan fingerprint density at radius 2 is 2.04 bits per heavy atom. The van der Waals surface area contributed by atoms with Gasteiger partial charge in [-0.2, -0.15) is 4.98 Å². The molecule has 2 aromatic rings. The summed E-state index contributed by atoms with van der Waals surface area (Å²) < 4.78 is 5.92. The standard InChI is InChI=1S/C21H31N5O2/c22-10-4-11-23-20(27)16-5-3-12-26(15-16)17-8-13-25(14-9-17)21-24-18-6-1-2-7-19(18)28-21/h1-2,6-7,16-17H,3-5,8-15,22H2,(H,23,27)/t16-/m1/s1. The molecule has 7 nitrogen and oxygen atoms in total. The number of carbonyl (C=O) groups is 1. The van der Waals surface area contributed by atoms with E-state index in [-0.39, 0.29) is 11.8 Å². The highest BCUT2D eigenvalue weighted by Gasteiger charge is 2.32. The van der Waals surface area contributed by atoms with E-state index in [0.717, 1.165) is 75.4 Å². The van der Waals surface area contributed by atoms with Crippen LogP contribution < -0.4 is 16.0 Å². The number of para-hydroxylation sites is 2. The minimum Gasteiger partial charge on any atom is -0.423 e. The Bertz CT molecular complexity index is 751. The van der Waals surface area contributed by atoms with Crippen molar-refractivity contribution in [2.75, 3.05) is 44.2 Å². The van der Waals surface area contributed by atoms with Crippen LogP contribution in [-0.2, 0) is 4.79 Å². The number of hydrogen-bond acceptors (Lipinski definition) is 6. The molecule has 2 fully saturated rings. The lowest BCUT2D eigenvalue weighted by Crippen LogP contribution is -2.51. The molecule has 2 aliphatic heterocycles. The zero-order chi connectivity index (χ0) is 19.3. The fourth-order valence-electron chi connectivity index (χ4n) is 4.43. The van der Waals surface area contributed by atoms with E-state index in [1.54, 1.807) is 0 Å². The van der Waals surface area contributed by atoms with E-state index in [1.165, 1.54) is 0 Å². The molecule has 0 bridgehead atoms. The average molecular weight is 386 g/mol. The molecule has 28 heavy (non-hydrogen) atoms. The van der Waals surface area contributed by atoms with Crippen LogP contribution in [0.4, 0.5) is 6.01 Å². The summed E-state index contributed by atoms with van der Waals surface area (Å²) >= 11 is 0. The van der Waals surface area contributed by atoms with Crippen LogP contribution in [0.25, 0.3) is 11.1 Å². The highest BCUT2D eigenvalue weighted by molar-refractivity contribution is 5.79. The van der Waals surface area contributed by atoms with Crippen molar-refractivity contribution in [3.63, 3.8) is 0 Å². The summed E-state index contributed by atoms with van der Waals surface area (Å²) in [6, 6.07) is 9.19. The molecular formula is C21H31N5O2. The molecular weight excluding hydrogens is 354 g/mol. The predicted molar refractivity (Wildman–Crippen MR) is 110 cm³/mol. The number of carbonyl (C=O) groups excluding carboxylic acids is 1. The Balaban J connectivity index is 1.30. The molecule has 1 amide bonds. The molecule has 7 heteroatoms. The van der Waals surface area contributed by atoms with Crippen molar-refractivity contribution in [2.45, 2.75) is 38.1 Å². The van der Waals surface area contributed by atoms with Gasteiger partial charge in [0, 0.05) is 32.2 Å². The quantitative estimate of drug-likeness (QED) is 0.740. The van der Waals surface area contributed by atoms with Crippen molar-refractivity contribution >= 4 is 23.0 Å². The lowest BCUT2D eigenvalue weighted by atomic mass is 9.93. The van der Waals surface area contributed by atoms with Crippen LogP contribution in [0.3, 0.4) is 0 Å². The van der Waals surface area contributed by atoms with E-state index in [9.17, 15) is 4.79 Å². The van der Waals surface area contributed by atoms with Gasteiger partial charge in [-0.05, 0) is 57.3 Å². The molecule has 0 spiro atoms. The van der Waals surface area contributed by atoms with Crippen LogP contribution in [0, 0.1) is 5.92 Å². The first-order valence-corrected chi connectivity index (χ1v) is 10.6. The zero-order valence-electron chi connectivity index (χ0n) is 16.5. The number of benzene rings is 1. The normalized spacial score (nSPS) is 21.9. The maximum absolute atomic E-state index is 12.4. The Kier molecular flexibility index (Phi) is 6.12. The van der Waals surface area contributed by atoms with Crippen LogP contribution in [0.5, 0.6) is 0 Å². The smallest absolute Gasteiger partial charge is 0.298 e. The third-order valence-corrected chi connectivity index (χ3v) is 6.04. The van der Waals surface area contributed by atoms with E-state index in [1.807, 2.05) is 24.3 Å². The molecule has 152 valence electrons. The molecule has 1 atom stereocenters. The molecule has 0 aliphatic carbocycles. The van der Waals surface area contributed by atoms with E-state index >= 15 is 0 Å². The Morgan fingerprint density at radius 1 is 1.21 bits per heavy atom. The van der Waals surface area contributed by atoms with Crippen LogP contribution in [0.1, 0.15) is 32.1 Å². The predicted octanol–water partition coefficient (Wildman–Crippen LogP) is 1.97. The molecule has 0 saturated carbocycles. The van der Waals surface area contributed by atoms with Gasteiger partial charge in [-0.25, -0.2) is 0 Å². The number of anilines is 1. The molecule has 3 heterocycles. The van der Waals surface area contributed by atoms with Crippen molar-refractivity contribution in [3.8, 4) is 0 Å². The monoisotopic (exact) mass is 385 g/mol. The van der Waals surface area contributed by atoms with Gasteiger partial charge in [-0.15, -0.1) is 0 Å². The number of aromatic nitrogens is 1. The largest absolute Gasteiger partial charge is 0.423 e. The van der Waals surface area contributed by atoms with Gasteiger partial charge in [-0.1, -0.05) is 12.1 Å². The summed E-state index contributed by atoms with van der Waals surface area (Å²) in [5.74, 6) is 0.309. The highest BCUT2D eigenvalue weighted by atomic mass is 16.4. The maximum atomic E-state index is 12.4. The van der Waals surface area contributed by atoms with Crippen molar-refractivity contribution in [1.82, 2.24) is 15.2 Å². The molecule has 4 rings (SSSR count). The highest BCUT2D eigenvalue weighted by Crippen LogP contribution is 2.28. The summed E-state index contributed by atoms with van der Waals surface area (Å²) in [5, 5.41) is 3.04. The third-order valence-electron chi connectivity index (χ3n) is 6.04. The molecule has 1 aromatic heterocycles. The van der Waals surface area contributed by atoms with E-state index in [4.69, 9.17) is 10.2 Å². The van der Waals surface area contributed by atoms with Gasteiger partial charge in [0.2, 0.25) is 5.91 Å². The summed E-state index contributed by atoms with van der Waals surface area (Å²) in [7, 11) is 0. The molecule has 3 N–H and O–H groups in total. The lowest BCUT2D eigenvalue weighted by molar-refractivity contribution is -0.127.